The number of aromatic nitrogens is 3. The van der Waals surface area contributed by atoms with Crippen molar-refractivity contribution in [1.82, 2.24) is 15.0 Å². The maximum Gasteiger partial charge on any atom is 0.323 e. The number of nitrogens with zero attached hydrogens (tertiary/aromatic N) is 3. The third-order valence-electron chi connectivity index (χ3n) is 1.78. The number of carbonyl (C=O) groups excluding carboxylic acids is 1. The summed E-state index contributed by atoms with van der Waals surface area (Å²) >= 11 is 0. The maximum absolute atomic E-state index is 9.98. The fourth-order valence-corrected chi connectivity index (χ4v) is 1.14. The molecule has 1 N–H and O–H groups in total. The highest BCUT2D eigenvalue weighted by molar-refractivity contribution is 5.47. The van der Waals surface area contributed by atoms with Gasteiger partial charge in [-0.25, -0.2) is 4.98 Å². The Kier molecular flexibility index (Phi) is 3.03. The Bertz CT molecular complexity index is 536. The number of nitrogens with one attached hydrogen (secondary N) is 1. The van der Waals surface area contributed by atoms with Crippen molar-refractivity contribution < 1.29 is 9.63 Å². The fraction of sp³-hybridized carbons (Fsp3) is 0. The van der Waals surface area contributed by atoms with Crippen LogP contribution in [0.2, 0.25) is 0 Å². The van der Waals surface area contributed by atoms with Crippen LogP contribution < -0.4 is 5.49 Å². The second kappa shape index (κ2) is 4.83. The van der Waals surface area contributed by atoms with E-state index in [1.165, 1.54) is 0 Å². The highest BCUT2D eigenvalue weighted by Crippen LogP contribution is 2.06. The van der Waals surface area contributed by atoms with Crippen molar-refractivity contribution in [2.24, 2.45) is 5.16 Å². The molecule has 0 aromatic carbocycles. The lowest BCUT2D eigenvalue weighted by molar-refractivity contribution is -0.129. The van der Waals surface area contributed by atoms with Crippen molar-refractivity contribution in [3.8, 4) is 11.5 Å². The minimum Gasteiger partial charge on any atom is -0.320 e. The molecule has 0 unspecified atom stereocenters. The lowest BCUT2D eigenvalue weighted by Crippen LogP contribution is -2.09. The zero-order valence-electron chi connectivity index (χ0n) is 8.20. The van der Waals surface area contributed by atoms with Crippen LogP contribution in [-0.2, 0) is 9.63 Å². The highest BCUT2D eigenvalue weighted by atomic mass is 16.7. The number of pyridine rings is 1. The van der Waals surface area contributed by atoms with Crippen LogP contribution in [0.15, 0.2) is 41.8 Å². The molecule has 0 radical (unpaired) electrons. The van der Waals surface area contributed by atoms with Crippen LogP contribution in [0.1, 0.15) is 0 Å². The van der Waals surface area contributed by atoms with Crippen LogP contribution in [0, 0.1) is 0 Å². The first-order valence-electron chi connectivity index (χ1n) is 4.50. The third-order valence-corrected chi connectivity index (χ3v) is 1.78. The van der Waals surface area contributed by atoms with Crippen LogP contribution in [0.25, 0.3) is 11.5 Å². The number of hydrogen-bond donors (Lipinski definition) is 1. The topological polar surface area (TPSA) is 80.2 Å². The van der Waals surface area contributed by atoms with Gasteiger partial charge in [-0.2, -0.15) is 0 Å². The quantitative estimate of drug-likeness (QED) is 0.459. The van der Waals surface area contributed by atoms with E-state index in [9.17, 15) is 4.79 Å². The normalized spacial score (nSPS) is 11.1. The molecular formula is C10H8N4O2. The summed E-state index contributed by atoms with van der Waals surface area (Å²) in [6.45, 7) is 0.245. The van der Waals surface area contributed by atoms with E-state index in [1.807, 2.05) is 18.2 Å². The van der Waals surface area contributed by atoms with E-state index in [0.717, 1.165) is 0 Å². The third kappa shape index (κ3) is 2.30. The molecule has 0 fully saturated rings. The van der Waals surface area contributed by atoms with Crippen molar-refractivity contribution in [2.45, 2.75) is 0 Å². The van der Waals surface area contributed by atoms with E-state index in [-0.39, 0.29) is 6.47 Å². The van der Waals surface area contributed by atoms with E-state index in [1.54, 1.807) is 18.5 Å². The SMILES string of the molecule is O=CON=c1ccnc(-c2ccccn2)[nH]1. The van der Waals surface area contributed by atoms with Gasteiger partial charge in [0.15, 0.2) is 11.3 Å². The molecule has 2 aromatic heterocycles. The van der Waals surface area contributed by atoms with Gasteiger partial charge in [0.1, 0.15) is 5.69 Å². The minimum absolute atomic E-state index is 0.245. The molecule has 2 aromatic rings. The molecule has 0 aliphatic carbocycles. The van der Waals surface area contributed by atoms with Gasteiger partial charge in [0, 0.05) is 18.5 Å². The van der Waals surface area contributed by atoms with Crippen molar-refractivity contribution in [3.63, 3.8) is 0 Å². The fourth-order valence-electron chi connectivity index (χ4n) is 1.14. The second-order valence-corrected chi connectivity index (χ2v) is 2.81. The largest absolute Gasteiger partial charge is 0.323 e. The number of hydrogen-bond acceptors (Lipinski definition) is 5. The number of rotatable bonds is 3. The summed E-state index contributed by atoms with van der Waals surface area (Å²) in [5, 5.41) is 3.52. The standard InChI is InChI=1S/C10H8N4O2/c15-7-16-14-9-4-6-12-10(13-9)8-3-1-2-5-11-8/h1-7H,(H,12,13,14). The first-order chi connectivity index (χ1) is 7.90. The van der Waals surface area contributed by atoms with Gasteiger partial charge in [-0.15, -0.1) is 0 Å². The Morgan fingerprint density at radius 2 is 2.19 bits per heavy atom. The van der Waals surface area contributed by atoms with Crippen LogP contribution in [0.4, 0.5) is 0 Å². The average Bonchev–Trinajstić information content (AvgIpc) is 2.38. The Balaban J connectivity index is 2.40. The molecule has 0 aliphatic rings. The Hall–Kier alpha value is -2.50. The molecule has 0 atom stereocenters. The van der Waals surface area contributed by atoms with E-state index >= 15 is 0 Å². The average molecular weight is 216 g/mol. The van der Waals surface area contributed by atoms with E-state index in [0.29, 0.717) is 17.0 Å². The predicted molar refractivity (Wildman–Crippen MR) is 54.5 cm³/mol. The van der Waals surface area contributed by atoms with Crippen molar-refractivity contribution in [3.05, 3.63) is 42.1 Å². The predicted octanol–water partition coefficient (Wildman–Crippen LogP) is 0.460. The maximum atomic E-state index is 9.98. The molecule has 80 valence electrons. The minimum atomic E-state index is 0.245. The van der Waals surface area contributed by atoms with Gasteiger partial charge in [-0.3, -0.25) is 9.78 Å². The smallest absolute Gasteiger partial charge is 0.320 e. The molecule has 0 saturated heterocycles. The number of aromatic amines is 1. The lowest BCUT2D eigenvalue weighted by Gasteiger charge is -1.98. The Labute approximate surface area is 90.6 Å². The van der Waals surface area contributed by atoms with Gasteiger partial charge < -0.3 is 9.82 Å². The van der Waals surface area contributed by atoms with Gasteiger partial charge in [0.25, 0.3) is 0 Å². The molecule has 0 amide bonds. The monoisotopic (exact) mass is 216 g/mol. The first-order valence-corrected chi connectivity index (χ1v) is 4.50. The zero-order valence-corrected chi connectivity index (χ0v) is 8.20. The van der Waals surface area contributed by atoms with Gasteiger partial charge in [0.05, 0.1) is 0 Å². The van der Waals surface area contributed by atoms with Crippen LogP contribution in [0.3, 0.4) is 0 Å². The molecule has 2 heterocycles. The Morgan fingerprint density at radius 3 is 2.94 bits per heavy atom. The summed E-state index contributed by atoms with van der Waals surface area (Å²) in [5.74, 6) is 0.552. The molecule has 0 aliphatic heterocycles. The van der Waals surface area contributed by atoms with Crippen molar-refractivity contribution >= 4 is 6.47 Å². The molecule has 2 rings (SSSR count). The van der Waals surface area contributed by atoms with Gasteiger partial charge in [0.2, 0.25) is 0 Å². The molecule has 6 heteroatoms. The summed E-state index contributed by atoms with van der Waals surface area (Å²) in [5.41, 5.74) is 1.08. The van der Waals surface area contributed by atoms with Gasteiger partial charge >= 0.3 is 6.47 Å². The van der Waals surface area contributed by atoms with Crippen molar-refractivity contribution in [2.75, 3.05) is 0 Å². The molecule has 0 bridgehead atoms. The van der Waals surface area contributed by atoms with Crippen LogP contribution >= 0.6 is 0 Å². The molecule has 6 nitrogen and oxygen atoms in total. The van der Waals surface area contributed by atoms with Gasteiger partial charge in [-0.05, 0) is 12.1 Å². The summed E-state index contributed by atoms with van der Waals surface area (Å²) in [6, 6.07) is 7.05. The Morgan fingerprint density at radius 1 is 1.25 bits per heavy atom. The molecule has 0 spiro atoms. The van der Waals surface area contributed by atoms with E-state index in [4.69, 9.17) is 0 Å². The van der Waals surface area contributed by atoms with E-state index < -0.39 is 0 Å². The number of carbonyl (C=O) groups is 1. The summed E-state index contributed by atoms with van der Waals surface area (Å²) < 4.78 is 0. The summed E-state index contributed by atoms with van der Waals surface area (Å²) in [7, 11) is 0. The highest BCUT2D eigenvalue weighted by Gasteiger charge is 1.98. The molecule has 16 heavy (non-hydrogen) atoms. The number of H-pyrrole nitrogens is 1. The summed E-state index contributed by atoms with van der Waals surface area (Å²) in [4.78, 5) is 25.3. The zero-order chi connectivity index (χ0) is 11.2. The molecular weight excluding hydrogens is 208 g/mol. The first kappa shape index (κ1) is 10.0. The van der Waals surface area contributed by atoms with E-state index in [2.05, 4.69) is 24.9 Å². The van der Waals surface area contributed by atoms with Crippen LogP contribution in [-0.4, -0.2) is 21.4 Å². The van der Waals surface area contributed by atoms with Gasteiger partial charge in [-0.1, -0.05) is 11.2 Å². The lowest BCUT2D eigenvalue weighted by atomic mass is 10.3. The van der Waals surface area contributed by atoms with Crippen LogP contribution in [0.5, 0.6) is 0 Å². The van der Waals surface area contributed by atoms with Crippen molar-refractivity contribution in [1.29, 1.82) is 0 Å². The second-order valence-electron chi connectivity index (χ2n) is 2.81. The molecule has 0 saturated carbocycles. The summed E-state index contributed by atoms with van der Waals surface area (Å²) in [6.07, 6.45) is 3.21.